The highest BCUT2D eigenvalue weighted by Crippen LogP contribution is 2.38. The van der Waals surface area contributed by atoms with E-state index in [0.717, 1.165) is 6.42 Å². The Kier molecular flexibility index (Phi) is 5.57. The second-order valence-electron chi connectivity index (χ2n) is 5.92. The topological polar surface area (TPSA) is 95.9 Å². The van der Waals surface area contributed by atoms with Crippen LogP contribution in [0.3, 0.4) is 0 Å². The van der Waals surface area contributed by atoms with Crippen LogP contribution >= 0.6 is 0 Å². The molecule has 0 aliphatic heterocycles. The molecule has 7 nitrogen and oxygen atoms in total. The van der Waals surface area contributed by atoms with Crippen molar-refractivity contribution in [1.82, 2.24) is 10.2 Å². The van der Waals surface area contributed by atoms with Crippen molar-refractivity contribution in [2.75, 3.05) is 20.7 Å². The van der Waals surface area contributed by atoms with E-state index in [0.29, 0.717) is 12.8 Å². The van der Waals surface area contributed by atoms with Crippen LogP contribution in [0.15, 0.2) is 0 Å². The van der Waals surface area contributed by atoms with Gasteiger partial charge in [-0.2, -0.15) is 0 Å². The van der Waals surface area contributed by atoms with E-state index in [1.165, 1.54) is 12.0 Å². The third kappa shape index (κ3) is 3.86. The van der Waals surface area contributed by atoms with Gasteiger partial charge in [0.25, 0.3) is 0 Å². The minimum absolute atomic E-state index is 0.217. The number of rotatable bonds is 5. The van der Waals surface area contributed by atoms with Crippen molar-refractivity contribution in [1.29, 1.82) is 0 Å². The maximum Gasteiger partial charge on any atom is 0.317 e. The first-order valence-corrected chi connectivity index (χ1v) is 7.05. The van der Waals surface area contributed by atoms with E-state index in [9.17, 15) is 19.5 Å². The van der Waals surface area contributed by atoms with Crippen molar-refractivity contribution in [3.05, 3.63) is 0 Å². The number of carboxylic acids is 1. The molecule has 2 amide bonds. The van der Waals surface area contributed by atoms with Gasteiger partial charge in [-0.05, 0) is 19.8 Å². The summed E-state index contributed by atoms with van der Waals surface area (Å²) >= 11 is 0. The maximum absolute atomic E-state index is 12.1. The lowest BCUT2D eigenvalue weighted by molar-refractivity contribution is -0.148. The Balaban J connectivity index is 2.60. The number of carbonyl (C=O) groups excluding carboxylic acids is 2. The molecule has 0 aromatic rings. The zero-order chi connectivity index (χ0) is 16.2. The zero-order valence-electron chi connectivity index (χ0n) is 13.0. The first-order valence-electron chi connectivity index (χ1n) is 7.05. The molecule has 3 atom stereocenters. The summed E-state index contributed by atoms with van der Waals surface area (Å²) in [7, 11) is 2.87. The molecule has 1 aliphatic rings. The molecule has 1 saturated carbocycles. The second-order valence-corrected chi connectivity index (χ2v) is 5.92. The predicted octanol–water partition coefficient (Wildman–Crippen LogP) is 1.08. The van der Waals surface area contributed by atoms with Crippen LogP contribution in [-0.2, 0) is 14.3 Å². The van der Waals surface area contributed by atoms with Crippen molar-refractivity contribution in [3.8, 4) is 0 Å². The van der Waals surface area contributed by atoms with Gasteiger partial charge < -0.3 is 20.1 Å². The highest BCUT2D eigenvalue weighted by Gasteiger charge is 2.46. The van der Waals surface area contributed by atoms with E-state index in [2.05, 4.69) is 10.1 Å². The van der Waals surface area contributed by atoms with Gasteiger partial charge in [-0.1, -0.05) is 13.3 Å². The molecule has 0 aromatic heterocycles. The van der Waals surface area contributed by atoms with Gasteiger partial charge in [-0.25, -0.2) is 4.79 Å². The number of methoxy groups -OCH3 is 1. The number of amides is 2. The number of urea groups is 1. The van der Waals surface area contributed by atoms with E-state index in [1.807, 2.05) is 0 Å². The van der Waals surface area contributed by atoms with Crippen LogP contribution in [0.5, 0.6) is 0 Å². The van der Waals surface area contributed by atoms with Crippen molar-refractivity contribution >= 4 is 18.0 Å². The van der Waals surface area contributed by atoms with Crippen LogP contribution < -0.4 is 5.32 Å². The number of aliphatic carboxylic acids is 1. The first kappa shape index (κ1) is 17.3. The van der Waals surface area contributed by atoms with Gasteiger partial charge in [0.15, 0.2) is 0 Å². The highest BCUT2D eigenvalue weighted by atomic mass is 16.5. The number of hydrogen-bond acceptors (Lipinski definition) is 4. The summed E-state index contributed by atoms with van der Waals surface area (Å²) in [5.74, 6) is -1.71. The number of hydrogen-bond donors (Lipinski definition) is 2. The standard InChI is InChI=1S/C14H24N2O5/c1-9(11(17)21-4)8-16(3)13(20)15-10-6-5-7-14(10,2)12(18)19/h9-10H,5-8H2,1-4H3,(H,15,20)(H,18,19). The molecule has 0 spiro atoms. The molecule has 1 rings (SSSR count). The highest BCUT2D eigenvalue weighted by molar-refractivity contribution is 5.80. The average Bonchev–Trinajstić information content (AvgIpc) is 2.80. The molecule has 1 aliphatic carbocycles. The summed E-state index contributed by atoms with van der Waals surface area (Å²) in [6.45, 7) is 3.55. The van der Waals surface area contributed by atoms with Gasteiger partial charge in [-0.15, -0.1) is 0 Å². The van der Waals surface area contributed by atoms with Crippen LogP contribution in [0, 0.1) is 11.3 Å². The summed E-state index contributed by atoms with van der Waals surface area (Å²) in [5.41, 5.74) is -0.926. The van der Waals surface area contributed by atoms with Crippen molar-refractivity contribution < 1.29 is 24.2 Å². The third-order valence-electron chi connectivity index (χ3n) is 4.24. The zero-order valence-corrected chi connectivity index (χ0v) is 13.0. The molecule has 0 aromatic carbocycles. The fourth-order valence-electron chi connectivity index (χ4n) is 2.68. The third-order valence-corrected chi connectivity index (χ3v) is 4.24. The largest absolute Gasteiger partial charge is 0.481 e. The fourth-order valence-corrected chi connectivity index (χ4v) is 2.68. The molecular formula is C14H24N2O5. The number of nitrogens with one attached hydrogen (secondary N) is 1. The Labute approximate surface area is 124 Å². The van der Waals surface area contributed by atoms with Crippen molar-refractivity contribution in [2.45, 2.75) is 39.2 Å². The summed E-state index contributed by atoms with van der Waals surface area (Å²) in [6.07, 6.45) is 1.97. The quantitative estimate of drug-likeness (QED) is 0.741. The summed E-state index contributed by atoms with van der Waals surface area (Å²) < 4.78 is 4.62. The van der Waals surface area contributed by atoms with Gasteiger partial charge in [0, 0.05) is 19.6 Å². The normalized spacial score (nSPS) is 26.0. The maximum atomic E-state index is 12.1. The monoisotopic (exact) mass is 300 g/mol. The molecule has 7 heteroatoms. The molecule has 21 heavy (non-hydrogen) atoms. The van der Waals surface area contributed by atoms with Gasteiger partial charge in [-0.3, -0.25) is 9.59 Å². The smallest absolute Gasteiger partial charge is 0.317 e. The SMILES string of the molecule is COC(=O)C(C)CN(C)C(=O)NC1CCCC1(C)C(=O)O. The lowest BCUT2D eigenvalue weighted by Gasteiger charge is -2.30. The van der Waals surface area contributed by atoms with Gasteiger partial charge >= 0.3 is 18.0 Å². The molecular weight excluding hydrogens is 276 g/mol. The van der Waals surface area contributed by atoms with Crippen LogP contribution in [-0.4, -0.2) is 54.7 Å². The van der Waals surface area contributed by atoms with Crippen LogP contribution in [0.4, 0.5) is 4.79 Å². The lowest BCUT2D eigenvalue weighted by atomic mass is 9.85. The summed E-state index contributed by atoms with van der Waals surface area (Å²) in [5, 5.41) is 12.1. The van der Waals surface area contributed by atoms with E-state index in [1.54, 1.807) is 20.9 Å². The first-order chi connectivity index (χ1) is 9.72. The van der Waals surface area contributed by atoms with Crippen molar-refractivity contribution in [3.63, 3.8) is 0 Å². The van der Waals surface area contributed by atoms with Crippen LogP contribution in [0.1, 0.15) is 33.1 Å². The Morgan fingerprint density at radius 1 is 1.48 bits per heavy atom. The number of ether oxygens (including phenoxy) is 1. The van der Waals surface area contributed by atoms with Gasteiger partial charge in [0.1, 0.15) is 0 Å². The Bertz CT molecular complexity index is 426. The number of nitrogens with zero attached hydrogens (tertiary/aromatic N) is 1. The van der Waals surface area contributed by atoms with Crippen molar-refractivity contribution in [2.24, 2.45) is 11.3 Å². The summed E-state index contributed by atoms with van der Waals surface area (Å²) in [4.78, 5) is 36.2. The Hall–Kier alpha value is -1.79. The minimum atomic E-state index is -0.926. The van der Waals surface area contributed by atoms with E-state index in [4.69, 9.17) is 0 Å². The average molecular weight is 300 g/mol. The molecule has 3 unspecified atom stereocenters. The predicted molar refractivity (Wildman–Crippen MR) is 75.7 cm³/mol. The number of carbonyl (C=O) groups is 3. The van der Waals surface area contributed by atoms with Gasteiger partial charge in [0.05, 0.1) is 18.4 Å². The van der Waals surface area contributed by atoms with Gasteiger partial charge in [0.2, 0.25) is 0 Å². The van der Waals surface area contributed by atoms with E-state index >= 15 is 0 Å². The molecule has 0 bridgehead atoms. The van der Waals surface area contributed by atoms with E-state index in [-0.39, 0.29) is 18.5 Å². The van der Waals surface area contributed by atoms with Crippen LogP contribution in [0.2, 0.25) is 0 Å². The molecule has 120 valence electrons. The molecule has 2 N–H and O–H groups in total. The minimum Gasteiger partial charge on any atom is -0.481 e. The Morgan fingerprint density at radius 2 is 2.10 bits per heavy atom. The molecule has 0 radical (unpaired) electrons. The Morgan fingerprint density at radius 3 is 2.62 bits per heavy atom. The number of carboxylic acid groups (broad SMARTS) is 1. The fraction of sp³-hybridized carbons (Fsp3) is 0.786. The molecule has 1 fully saturated rings. The molecule has 0 heterocycles. The van der Waals surface area contributed by atoms with Crippen LogP contribution in [0.25, 0.3) is 0 Å². The molecule has 0 saturated heterocycles. The lowest BCUT2D eigenvalue weighted by Crippen LogP contribution is -2.51. The summed E-state index contributed by atoms with van der Waals surface area (Å²) in [6, 6.07) is -0.761. The second kappa shape index (κ2) is 6.78. The number of esters is 1. The van der Waals surface area contributed by atoms with E-state index < -0.39 is 23.3 Å².